The molecule has 0 radical (unpaired) electrons. The van der Waals surface area contributed by atoms with E-state index in [9.17, 15) is 4.79 Å². The Hall–Kier alpha value is -3.11. The highest BCUT2D eigenvalue weighted by Crippen LogP contribution is 2.38. The number of carbonyl (C=O) groups is 1. The first-order valence-corrected chi connectivity index (χ1v) is 9.97. The van der Waals surface area contributed by atoms with Gasteiger partial charge < -0.3 is 15.0 Å². The first kappa shape index (κ1) is 19.2. The molecule has 4 nitrogen and oxygen atoms in total. The van der Waals surface area contributed by atoms with E-state index in [1.54, 1.807) is 7.11 Å². The predicted molar refractivity (Wildman–Crippen MR) is 117 cm³/mol. The van der Waals surface area contributed by atoms with Gasteiger partial charge in [-0.1, -0.05) is 66.7 Å². The molecule has 1 heterocycles. The second-order valence-corrected chi connectivity index (χ2v) is 7.49. The van der Waals surface area contributed by atoms with Gasteiger partial charge in [0.25, 0.3) is 5.91 Å². The lowest BCUT2D eigenvalue weighted by atomic mass is 9.92. The van der Waals surface area contributed by atoms with Crippen molar-refractivity contribution in [3.05, 3.63) is 90.0 Å². The summed E-state index contributed by atoms with van der Waals surface area (Å²) in [6.07, 6.45) is 0.782. The molecule has 29 heavy (non-hydrogen) atoms. The number of methoxy groups -OCH3 is 1. The fourth-order valence-electron chi connectivity index (χ4n) is 3.99. The van der Waals surface area contributed by atoms with Gasteiger partial charge >= 0.3 is 0 Å². The lowest BCUT2D eigenvalue weighted by Crippen LogP contribution is -2.56. The molecule has 1 amide bonds. The molecule has 148 valence electrons. The van der Waals surface area contributed by atoms with Crippen LogP contribution in [0.15, 0.2) is 78.9 Å². The largest absolute Gasteiger partial charge is 0.385 e. The van der Waals surface area contributed by atoms with Gasteiger partial charge in [0.1, 0.15) is 5.66 Å². The van der Waals surface area contributed by atoms with Gasteiger partial charge in [0.2, 0.25) is 0 Å². The van der Waals surface area contributed by atoms with Crippen LogP contribution in [0, 0.1) is 0 Å². The summed E-state index contributed by atoms with van der Waals surface area (Å²) in [6.45, 7) is 3.31. The molecule has 3 aromatic carbocycles. The van der Waals surface area contributed by atoms with Crippen molar-refractivity contribution in [1.82, 2.24) is 4.90 Å². The van der Waals surface area contributed by atoms with Gasteiger partial charge in [-0.2, -0.15) is 0 Å². The van der Waals surface area contributed by atoms with Crippen molar-refractivity contribution >= 4 is 11.6 Å². The van der Waals surface area contributed by atoms with Crippen LogP contribution in [0.4, 0.5) is 5.69 Å². The first-order valence-electron chi connectivity index (χ1n) is 9.97. The van der Waals surface area contributed by atoms with Crippen LogP contribution >= 0.6 is 0 Å². The Morgan fingerprint density at radius 2 is 1.55 bits per heavy atom. The zero-order valence-corrected chi connectivity index (χ0v) is 16.9. The molecule has 1 atom stereocenters. The summed E-state index contributed by atoms with van der Waals surface area (Å²) in [5.41, 5.74) is 4.34. The summed E-state index contributed by atoms with van der Waals surface area (Å²) >= 11 is 0. The van der Waals surface area contributed by atoms with Gasteiger partial charge in [-0.3, -0.25) is 4.79 Å². The van der Waals surface area contributed by atoms with Crippen molar-refractivity contribution < 1.29 is 9.53 Å². The van der Waals surface area contributed by atoms with Gasteiger partial charge in [0.05, 0.1) is 5.56 Å². The van der Waals surface area contributed by atoms with E-state index in [0.29, 0.717) is 18.7 Å². The fraction of sp³-hybridized carbons (Fsp3) is 0.240. The second-order valence-electron chi connectivity index (χ2n) is 7.49. The molecule has 0 aromatic heterocycles. The lowest BCUT2D eigenvalue weighted by molar-refractivity contribution is 0.0504. The Morgan fingerprint density at radius 1 is 0.897 bits per heavy atom. The number of anilines is 1. The summed E-state index contributed by atoms with van der Waals surface area (Å²) in [4.78, 5) is 15.3. The number of benzene rings is 3. The fourth-order valence-corrected chi connectivity index (χ4v) is 3.99. The van der Waals surface area contributed by atoms with Gasteiger partial charge in [-0.15, -0.1) is 0 Å². The molecule has 1 aliphatic rings. The molecular formula is C25H26N2O2. The molecule has 1 aliphatic heterocycles. The van der Waals surface area contributed by atoms with Crippen molar-refractivity contribution in [3.8, 4) is 11.1 Å². The summed E-state index contributed by atoms with van der Waals surface area (Å²) in [7, 11) is 1.69. The molecular weight excluding hydrogens is 360 g/mol. The summed E-state index contributed by atoms with van der Waals surface area (Å²) in [6, 6.07) is 26.5. The Kier molecular flexibility index (Phi) is 5.36. The zero-order chi connectivity index (χ0) is 20.3. The molecule has 3 aromatic rings. The molecule has 0 aliphatic carbocycles. The Labute approximate surface area is 172 Å². The normalized spacial score (nSPS) is 18.3. The van der Waals surface area contributed by atoms with E-state index in [1.807, 2.05) is 47.4 Å². The Morgan fingerprint density at radius 3 is 2.28 bits per heavy atom. The number of para-hydroxylation sites is 1. The SMILES string of the molecule is COCCCN1C(=O)c2ccccc2NC1(C)c1ccc(-c2ccccc2)cc1. The van der Waals surface area contributed by atoms with Crippen LogP contribution in [0.3, 0.4) is 0 Å². The quantitative estimate of drug-likeness (QED) is 0.597. The van der Waals surface area contributed by atoms with Crippen molar-refractivity contribution in [2.24, 2.45) is 0 Å². The molecule has 0 fully saturated rings. The van der Waals surface area contributed by atoms with E-state index in [4.69, 9.17) is 4.74 Å². The Bertz CT molecular complexity index is 985. The van der Waals surface area contributed by atoms with Crippen LogP contribution in [0.25, 0.3) is 11.1 Å². The third kappa shape index (κ3) is 3.64. The minimum atomic E-state index is -0.631. The highest BCUT2D eigenvalue weighted by molar-refractivity contribution is 6.02. The van der Waals surface area contributed by atoms with Gasteiger partial charge in [0.15, 0.2) is 0 Å². The number of carbonyl (C=O) groups excluding carboxylic acids is 1. The third-order valence-corrected chi connectivity index (χ3v) is 5.60. The van der Waals surface area contributed by atoms with Gasteiger partial charge in [-0.05, 0) is 42.2 Å². The number of rotatable bonds is 6. The van der Waals surface area contributed by atoms with Gasteiger partial charge in [0, 0.05) is 25.9 Å². The minimum Gasteiger partial charge on any atom is -0.385 e. The standard InChI is InChI=1S/C25H26N2O2/c1-25(21-15-13-20(14-16-21)19-9-4-3-5-10-19)26-23-12-7-6-11-22(23)24(28)27(25)17-8-18-29-2/h3-7,9-16,26H,8,17-18H2,1-2H3. The van der Waals surface area contributed by atoms with E-state index in [0.717, 1.165) is 23.2 Å². The maximum Gasteiger partial charge on any atom is 0.258 e. The van der Waals surface area contributed by atoms with E-state index in [1.165, 1.54) is 5.56 Å². The molecule has 0 saturated carbocycles. The van der Waals surface area contributed by atoms with E-state index >= 15 is 0 Å². The molecule has 0 spiro atoms. The number of hydrogen-bond donors (Lipinski definition) is 1. The summed E-state index contributed by atoms with van der Waals surface area (Å²) < 4.78 is 5.22. The number of nitrogens with zero attached hydrogens (tertiary/aromatic N) is 1. The van der Waals surface area contributed by atoms with E-state index in [-0.39, 0.29) is 5.91 Å². The molecule has 4 heteroatoms. The second kappa shape index (κ2) is 8.10. The molecule has 0 bridgehead atoms. The predicted octanol–water partition coefficient (Wildman–Crippen LogP) is 5.13. The average Bonchev–Trinajstić information content (AvgIpc) is 2.77. The molecule has 4 rings (SSSR count). The van der Waals surface area contributed by atoms with Crippen LogP contribution in [0.5, 0.6) is 0 Å². The lowest BCUT2D eigenvalue weighted by Gasteiger charge is -2.47. The molecule has 1 N–H and O–H groups in total. The molecule has 0 saturated heterocycles. The first-order chi connectivity index (χ1) is 14.1. The maximum absolute atomic E-state index is 13.3. The summed E-state index contributed by atoms with van der Waals surface area (Å²) in [5.74, 6) is 0.0464. The number of ether oxygens (including phenoxy) is 1. The highest BCUT2D eigenvalue weighted by Gasteiger charge is 2.42. The number of amides is 1. The van der Waals surface area contributed by atoms with Gasteiger partial charge in [-0.25, -0.2) is 0 Å². The van der Waals surface area contributed by atoms with E-state index in [2.05, 4.69) is 48.6 Å². The summed E-state index contributed by atoms with van der Waals surface area (Å²) in [5, 5.41) is 3.62. The topological polar surface area (TPSA) is 41.6 Å². The maximum atomic E-state index is 13.3. The van der Waals surface area contributed by atoms with Crippen LogP contribution in [0.1, 0.15) is 29.3 Å². The smallest absolute Gasteiger partial charge is 0.258 e. The van der Waals surface area contributed by atoms with Crippen LogP contribution < -0.4 is 5.32 Å². The van der Waals surface area contributed by atoms with Crippen LogP contribution in [-0.2, 0) is 10.4 Å². The van der Waals surface area contributed by atoms with Crippen molar-refractivity contribution in [1.29, 1.82) is 0 Å². The highest BCUT2D eigenvalue weighted by atomic mass is 16.5. The number of nitrogens with one attached hydrogen (secondary N) is 1. The van der Waals surface area contributed by atoms with Crippen molar-refractivity contribution in [2.45, 2.75) is 19.0 Å². The average molecular weight is 386 g/mol. The number of hydrogen-bond acceptors (Lipinski definition) is 3. The zero-order valence-electron chi connectivity index (χ0n) is 16.9. The third-order valence-electron chi connectivity index (χ3n) is 5.60. The number of fused-ring (bicyclic) bond motifs is 1. The van der Waals surface area contributed by atoms with Crippen LogP contribution in [-0.4, -0.2) is 31.1 Å². The monoisotopic (exact) mass is 386 g/mol. The molecule has 1 unspecified atom stereocenters. The minimum absolute atomic E-state index is 0.0464. The van der Waals surface area contributed by atoms with Crippen LogP contribution in [0.2, 0.25) is 0 Å². The van der Waals surface area contributed by atoms with Crippen molar-refractivity contribution in [3.63, 3.8) is 0 Å². The van der Waals surface area contributed by atoms with Crippen molar-refractivity contribution in [2.75, 3.05) is 25.6 Å². The van der Waals surface area contributed by atoms with E-state index < -0.39 is 5.66 Å². The Balaban J connectivity index is 1.71.